The molecule has 218 valence electrons. The van der Waals surface area contributed by atoms with E-state index in [0.717, 1.165) is 18.4 Å². The molecule has 2 N–H and O–H groups in total. The summed E-state index contributed by atoms with van der Waals surface area (Å²) in [5.41, 5.74) is -2.10. The molecule has 0 bridgehead atoms. The van der Waals surface area contributed by atoms with Crippen molar-refractivity contribution in [2.24, 2.45) is 28.6 Å². The van der Waals surface area contributed by atoms with Crippen molar-refractivity contribution in [2.45, 2.75) is 96.1 Å². The van der Waals surface area contributed by atoms with Crippen molar-refractivity contribution in [3.63, 3.8) is 0 Å². The number of allylic oxidation sites excluding steroid dienone is 1. The summed E-state index contributed by atoms with van der Waals surface area (Å²) in [5.74, 6) is -3.07. The Kier molecular flexibility index (Phi) is 7.30. The van der Waals surface area contributed by atoms with Crippen molar-refractivity contribution < 1.29 is 43.7 Å². The molecule has 5 rings (SSSR count). The molecule has 1 aliphatic heterocycles. The molecule has 0 aromatic heterocycles. The van der Waals surface area contributed by atoms with E-state index in [1.54, 1.807) is 6.08 Å². The number of esters is 1. The minimum absolute atomic E-state index is 0.0113. The first kappa shape index (κ1) is 28.6. The lowest BCUT2D eigenvalue weighted by Gasteiger charge is -2.57. The van der Waals surface area contributed by atoms with Crippen LogP contribution in [-0.4, -0.2) is 75.1 Å². The fourth-order valence-electron chi connectivity index (χ4n) is 8.86. The highest BCUT2D eigenvalue weighted by Crippen LogP contribution is 2.66. The Labute approximate surface area is 233 Å². The lowest BCUT2D eigenvalue weighted by molar-refractivity contribution is -0.174. The van der Waals surface area contributed by atoms with Gasteiger partial charge < -0.3 is 19.8 Å². The van der Waals surface area contributed by atoms with Crippen molar-refractivity contribution in [2.75, 3.05) is 13.2 Å². The Morgan fingerprint density at radius 2 is 1.80 bits per heavy atom. The quantitative estimate of drug-likeness (QED) is 0.449. The molecule has 1 heterocycles. The first-order valence-electron chi connectivity index (χ1n) is 14.5. The SMILES string of the molecule is CC12CCC(=O)C=C1CCC1C2C(=O)CC2(C)C1CCC2(O)C(=O)COC(=O)CCC(=O)N1CCCC1C(=O)O. The average Bonchev–Trinajstić information content (AvgIpc) is 3.50. The van der Waals surface area contributed by atoms with Gasteiger partial charge >= 0.3 is 11.9 Å². The molecule has 7 atom stereocenters. The molecular formula is C30H39NO9. The van der Waals surface area contributed by atoms with E-state index >= 15 is 0 Å². The average molecular weight is 558 g/mol. The number of carbonyl (C=O) groups is 6. The summed E-state index contributed by atoms with van der Waals surface area (Å²) in [4.78, 5) is 76.5. The number of hydrogen-bond acceptors (Lipinski definition) is 8. The van der Waals surface area contributed by atoms with Gasteiger partial charge in [-0.05, 0) is 68.3 Å². The van der Waals surface area contributed by atoms with E-state index in [-0.39, 0.29) is 60.4 Å². The number of hydrogen-bond donors (Lipinski definition) is 2. The predicted molar refractivity (Wildman–Crippen MR) is 140 cm³/mol. The van der Waals surface area contributed by atoms with Crippen LogP contribution in [0.5, 0.6) is 0 Å². The van der Waals surface area contributed by atoms with Crippen LogP contribution in [0.25, 0.3) is 0 Å². The van der Waals surface area contributed by atoms with Gasteiger partial charge in [0.15, 0.2) is 12.4 Å². The van der Waals surface area contributed by atoms with Gasteiger partial charge in [0.2, 0.25) is 11.7 Å². The van der Waals surface area contributed by atoms with Gasteiger partial charge in [0.25, 0.3) is 0 Å². The Balaban J connectivity index is 1.22. The van der Waals surface area contributed by atoms with E-state index in [2.05, 4.69) is 6.92 Å². The van der Waals surface area contributed by atoms with Crippen molar-refractivity contribution >= 4 is 35.2 Å². The topological polar surface area (TPSA) is 155 Å². The van der Waals surface area contributed by atoms with Crippen molar-refractivity contribution in [3.8, 4) is 0 Å². The molecule has 0 radical (unpaired) electrons. The van der Waals surface area contributed by atoms with Gasteiger partial charge in [0.1, 0.15) is 17.4 Å². The number of rotatable bonds is 7. The molecule has 1 saturated heterocycles. The second-order valence-electron chi connectivity index (χ2n) is 13.0. The molecule has 4 fully saturated rings. The highest BCUT2D eigenvalue weighted by atomic mass is 16.5. The Bertz CT molecular complexity index is 1190. The molecule has 0 spiro atoms. The van der Waals surface area contributed by atoms with Crippen LogP contribution < -0.4 is 0 Å². The second-order valence-corrected chi connectivity index (χ2v) is 13.0. The van der Waals surface area contributed by atoms with Gasteiger partial charge in [0, 0.05) is 37.1 Å². The van der Waals surface area contributed by atoms with E-state index < -0.39 is 47.3 Å². The summed E-state index contributed by atoms with van der Waals surface area (Å²) >= 11 is 0. The lowest BCUT2D eigenvalue weighted by Crippen LogP contribution is -2.61. The fraction of sp³-hybridized carbons (Fsp3) is 0.733. The molecular weight excluding hydrogens is 518 g/mol. The van der Waals surface area contributed by atoms with E-state index in [1.165, 1.54) is 4.90 Å². The zero-order valence-corrected chi connectivity index (χ0v) is 23.3. The first-order chi connectivity index (χ1) is 18.8. The van der Waals surface area contributed by atoms with E-state index in [4.69, 9.17) is 4.74 Å². The fourth-order valence-corrected chi connectivity index (χ4v) is 8.86. The molecule has 7 unspecified atom stereocenters. The highest BCUT2D eigenvalue weighted by molar-refractivity contribution is 5.95. The number of nitrogens with zero attached hydrogens (tertiary/aromatic N) is 1. The zero-order valence-electron chi connectivity index (χ0n) is 23.3. The Morgan fingerprint density at radius 3 is 2.52 bits per heavy atom. The Morgan fingerprint density at radius 1 is 1.05 bits per heavy atom. The number of aliphatic carboxylic acids is 1. The van der Waals surface area contributed by atoms with Gasteiger partial charge in [-0.1, -0.05) is 19.4 Å². The van der Waals surface area contributed by atoms with Crippen molar-refractivity contribution in [1.82, 2.24) is 4.90 Å². The van der Waals surface area contributed by atoms with Crippen LogP contribution in [-0.2, 0) is 33.5 Å². The maximum Gasteiger partial charge on any atom is 0.326 e. The second kappa shape index (κ2) is 10.2. The number of ketones is 3. The van der Waals surface area contributed by atoms with Crippen LogP contribution in [0.15, 0.2) is 11.6 Å². The smallest absolute Gasteiger partial charge is 0.326 e. The summed E-state index contributed by atoms with van der Waals surface area (Å²) in [7, 11) is 0. The minimum Gasteiger partial charge on any atom is -0.480 e. The zero-order chi connectivity index (χ0) is 29.0. The van der Waals surface area contributed by atoms with Gasteiger partial charge in [-0.2, -0.15) is 0 Å². The Hall–Kier alpha value is -2.88. The van der Waals surface area contributed by atoms with E-state index in [0.29, 0.717) is 38.6 Å². The molecule has 0 aromatic rings. The molecule has 10 nitrogen and oxygen atoms in total. The van der Waals surface area contributed by atoms with Gasteiger partial charge in [-0.15, -0.1) is 0 Å². The number of amides is 1. The van der Waals surface area contributed by atoms with Crippen molar-refractivity contribution in [3.05, 3.63) is 11.6 Å². The number of aliphatic hydroxyl groups is 1. The van der Waals surface area contributed by atoms with Gasteiger partial charge in [-0.25, -0.2) is 4.79 Å². The van der Waals surface area contributed by atoms with E-state index in [9.17, 15) is 39.0 Å². The number of carbonyl (C=O) groups excluding carboxylic acids is 5. The summed E-state index contributed by atoms with van der Waals surface area (Å²) < 4.78 is 5.16. The summed E-state index contributed by atoms with van der Waals surface area (Å²) in [6, 6.07) is -0.886. The molecule has 5 aliphatic rings. The number of fused-ring (bicyclic) bond motifs is 5. The monoisotopic (exact) mass is 557 g/mol. The van der Waals surface area contributed by atoms with Crippen LogP contribution in [0.4, 0.5) is 0 Å². The third kappa shape index (κ3) is 4.43. The van der Waals surface area contributed by atoms with Crippen LogP contribution >= 0.6 is 0 Å². The van der Waals surface area contributed by atoms with Gasteiger partial charge in [0.05, 0.1) is 6.42 Å². The third-order valence-electron chi connectivity index (χ3n) is 11.0. The molecule has 0 aromatic carbocycles. The molecule has 40 heavy (non-hydrogen) atoms. The number of ether oxygens (including phenoxy) is 1. The summed E-state index contributed by atoms with van der Waals surface area (Å²) in [6.07, 6.45) is 5.53. The largest absolute Gasteiger partial charge is 0.480 e. The van der Waals surface area contributed by atoms with E-state index in [1.807, 2.05) is 6.92 Å². The molecule has 10 heteroatoms. The first-order valence-corrected chi connectivity index (χ1v) is 14.5. The number of carboxylic acids is 1. The van der Waals surface area contributed by atoms with Crippen LogP contribution in [0.3, 0.4) is 0 Å². The molecule has 1 amide bonds. The maximum absolute atomic E-state index is 13.7. The normalized spacial score (nSPS) is 38.7. The lowest BCUT2D eigenvalue weighted by atomic mass is 9.46. The number of carboxylic acid groups (broad SMARTS) is 1. The predicted octanol–water partition coefficient (Wildman–Crippen LogP) is 2.40. The molecule has 3 saturated carbocycles. The van der Waals surface area contributed by atoms with Crippen molar-refractivity contribution in [1.29, 1.82) is 0 Å². The highest BCUT2D eigenvalue weighted by Gasteiger charge is 2.68. The van der Waals surface area contributed by atoms with Crippen LogP contribution in [0.2, 0.25) is 0 Å². The summed E-state index contributed by atoms with van der Waals surface area (Å²) in [5, 5.41) is 21.0. The summed E-state index contributed by atoms with van der Waals surface area (Å²) in [6.45, 7) is 3.57. The number of likely N-dealkylation sites (tertiary alicyclic amines) is 1. The standard InChI is InChI=1S/C30H39NO9/c1-28-11-9-18(32)14-17(28)5-6-19-20-10-12-30(39,29(20,2)15-22(33)26(19)28)23(34)16-40-25(36)8-7-24(35)31-13-3-4-21(31)27(37)38/h14,19-21,26,39H,3-13,15-16H2,1-2H3,(H,37,38). The number of Topliss-reactive ketones (excluding diaryl/α,β-unsaturated/α-hetero) is 2. The maximum atomic E-state index is 13.7. The third-order valence-corrected chi connectivity index (χ3v) is 11.0. The molecule has 4 aliphatic carbocycles. The van der Waals surface area contributed by atoms with Crippen LogP contribution in [0, 0.1) is 28.6 Å². The minimum atomic E-state index is -1.81. The van der Waals surface area contributed by atoms with Gasteiger partial charge in [-0.3, -0.25) is 24.0 Å². The van der Waals surface area contributed by atoms with Crippen LogP contribution in [0.1, 0.15) is 84.5 Å².